The van der Waals surface area contributed by atoms with Crippen LogP contribution in [-0.2, 0) is 33.7 Å². The topological polar surface area (TPSA) is 46.2 Å². The highest BCUT2D eigenvalue weighted by Crippen LogP contribution is 2.34. The molecule has 27 heavy (non-hydrogen) atoms. The summed E-state index contributed by atoms with van der Waals surface area (Å²) in [5, 5.41) is 0. The second-order valence-corrected chi connectivity index (χ2v) is 11.4. The Hall–Kier alpha value is -1.65. The van der Waals surface area contributed by atoms with Gasteiger partial charge in [-0.15, -0.1) is 0 Å². The van der Waals surface area contributed by atoms with Crippen LogP contribution in [0.1, 0.15) is 63.8 Å². The van der Waals surface area contributed by atoms with Gasteiger partial charge in [-0.05, 0) is 52.0 Å². The Kier molecular flexibility index (Phi) is 5.02. The molecule has 0 saturated carbocycles. The molecule has 0 radical (unpaired) electrons. The summed E-state index contributed by atoms with van der Waals surface area (Å²) in [6, 6.07) is 13.9. The maximum atomic E-state index is 13.3. The molecular weight excluding hydrogens is 354 g/mol. The van der Waals surface area contributed by atoms with Crippen LogP contribution in [0.15, 0.2) is 47.4 Å². The fraction of sp³-hybridized carbons (Fsp3) is 0.478. The van der Waals surface area contributed by atoms with Gasteiger partial charge in [-0.1, -0.05) is 77.9 Å². The van der Waals surface area contributed by atoms with Crippen molar-refractivity contribution < 1.29 is 8.42 Å². The Morgan fingerprint density at radius 3 is 1.89 bits per heavy atom. The molecule has 3 rings (SSSR count). The van der Waals surface area contributed by atoms with Crippen molar-refractivity contribution in [1.29, 1.82) is 0 Å². The molecule has 0 amide bonds. The zero-order chi connectivity index (χ0) is 20.0. The van der Waals surface area contributed by atoms with Gasteiger partial charge in [0.2, 0.25) is 10.0 Å². The molecule has 0 atom stereocenters. The second kappa shape index (κ2) is 6.75. The van der Waals surface area contributed by atoms with Gasteiger partial charge in [0, 0.05) is 6.04 Å². The van der Waals surface area contributed by atoms with E-state index in [0.29, 0.717) is 4.90 Å². The summed E-state index contributed by atoms with van der Waals surface area (Å²) in [6.07, 6.45) is 1.50. The zero-order valence-corrected chi connectivity index (χ0v) is 18.1. The van der Waals surface area contributed by atoms with E-state index in [4.69, 9.17) is 0 Å². The highest BCUT2D eigenvalue weighted by Gasteiger charge is 2.31. The van der Waals surface area contributed by atoms with E-state index in [-0.39, 0.29) is 16.9 Å². The molecule has 2 aromatic carbocycles. The SMILES string of the molecule is CC(C)(C)c1ccc(S(=O)(=O)NC2Cc3ccccc3C2)c(C(C)(C)C)c1. The van der Waals surface area contributed by atoms with Crippen LogP contribution in [0, 0.1) is 0 Å². The van der Waals surface area contributed by atoms with Crippen molar-refractivity contribution >= 4 is 10.0 Å². The summed E-state index contributed by atoms with van der Waals surface area (Å²) in [5.41, 5.74) is 4.22. The van der Waals surface area contributed by atoms with Crippen LogP contribution in [0.2, 0.25) is 0 Å². The number of nitrogens with one attached hydrogen (secondary N) is 1. The summed E-state index contributed by atoms with van der Waals surface area (Å²) in [7, 11) is -3.59. The van der Waals surface area contributed by atoms with Gasteiger partial charge < -0.3 is 0 Å². The number of hydrogen-bond acceptors (Lipinski definition) is 2. The van der Waals surface area contributed by atoms with Crippen LogP contribution in [0.25, 0.3) is 0 Å². The molecule has 0 saturated heterocycles. The number of benzene rings is 2. The maximum absolute atomic E-state index is 13.3. The second-order valence-electron chi connectivity index (χ2n) is 9.71. The van der Waals surface area contributed by atoms with Crippen LogP contribution in [-0.4, -0.2) is 14.5 Å². The van der Waals surface area contributed by atoms with E-state index in [2.05, 4.69) is 64.5 Å². The average Bonchev–Trinajstić information content (AvgIpc) is 2.94. The van der Waals surface area contributed by atoms with Gasteiger partial charge in [0.15, 0.2) is 0 Å². The predicted octanol–water partition coefficient (Wildman–Crippen LogP) is 4.73. The molecule has 0 aliphatic heterocycles. The van der Waals surface area contributed by atoms with E-state index in [1.54, 1.807) is 6.07 Å². The van der Waals surface area contributed by atoms with E-state index in [0.717, 1.165) is 24.0 Å². The summed E-state index contributed by atoms with van der Waals surface area (Å²) >= 11 is 0. The Morgan fingerprint density at radius 1 is 0.852 bits per heavy atom. The van der Waals surface area contributed by atoms with Crippen LogP contribution >= 0.6 is 0 Å². The Labute approximate surface area is 164 Å². The van der Waals surface area contributed by atoms with E-state index < -0.39 is 10.0 Å². The van der Waals surface area contributed by atoms with E-state index >= 15 is 0 Å². The Balaban J connectivity index is 1.95. The highest BCUT2D eigenvalue weighted by atomic mass is 32.2. The standard InChI is InChI=1S/C23H31NO2S/c1-22(2,3)18-11-12-21(20(15-18)23(4,5)6)27(25,26)24-19-13-16-9-7-8-10-17(16)14-19/h7-12,15,19,24H,13-14H2,1-6H3. The number of sulfonamides is 1. The van der Waals surface area contributed by atoms with Gasteiger partial charge in [-0.3, -0.25) is 0 Å². The molecule has 0 fully saturated rings. The van der Waals surface area contributed by atoms with Gasteiger partial charge in [0.25, 0.3) is 0 Å². The molecule has 0 unspecified atom stereocenters. The molecule has 1 aliphatic carbocycles. The van der Waals surface area contributed by atoms with E-state index in [1.165, 1.54) is 11.1 Å². The molecule has 146 valence electrons. The number of rotatable bonds is 3. The van der Waals surface area contributed by atoms with Gasteiger partial charge in [0.05, 0.1) is 4.90 Å². The van der Waals surface area contributed by atoms with Crippen molar-refractivity contribution in [2.24, 2.45) is 0 Å². The van der Waals surface area contributed by atoms with Gasteiger partial charge in [-0.2, -0.15) is 0 Å². The summed E-state index contributed by atoms with van der Waals surface area (Å²) < 4.78 is 29.5. The molecule has 2 aromatic rings. The van der Waals surface area contributed by atoms with Crippen molar-refractivity contribution in [3.8, 4) is 0 Å². The summed E-state index contributed by atoms with van der Waals surface area (Å²) in [5.74, 6) is 0. The largest absolute Gasteiger partial charge is 0.241 e. The van der Waals surface area contributed by atoms with E-state index in [1.807, 2.05) is 18.2 Å². The lowest BCUT2D eigenvalue weighted by Crippen LogP contribution is -2.36. The van der Waals surface area contributed by atoms with Crippen molar-refractivity contribution in [2.75, 3.05) is 0 Å². The molecular formula is C23H31NO2S. The van der Waals surface area contributed by atoms with Crippen molar-refractivity contribution in [2.45, 2.75) is 76.2 Å². The molecule has 0 bridgehead atoms. The first-order valence-corrected chi connectivity index (χ1v) is 11.1. The predicted molar refractivity (Wildman–Crippen MR) is 112 cm³/mol. The molecule has 1 aliphatic rings. The van der Waals surface area contributed by atoms with Crippen LogP contribution in [0.3, 0.4) is 0 Å². The van der Waals surface area contributed by atoms with E-state index in [9.17, 15) is 8.42 Å². The minimum Gasteiger partial charge on any atom is -0.207 e. The fourth-order valence-electron chi connectivity index (χ4n) is 3.74. The van der Waals surface area contributed by atoms with Gasteiger partial charge in [-0.25, -0.2) is 13.1 Å². The quantitative estimate of drug-likeness (QED) is 0.830. The third-order valence-corrected chi connectivity index (χ3v) is 6.89. The molecule has 3 nitrogen and oxygen atoms in total. The highest BCUT2D eigenvalue weighted by molar-refractivity contribution is 7.89. The first-order chi connectivity index (χ1) is 12.4. The Bertz CT molecular complexity index is 922. The molecule has 1 N–H and O–H groups in total. The maximum Gasteiger partial charge on any atom is 0.241 e. The minimum atomic E-state index is -3.59. The normalized spacial score (nSPS) is 15.8. The van der Waals surface area contributed by atoms with Crippen molar-refractivity contribution in [3.63, 3.8) is 0 Å². The summed E-state index contributed by atoms with van der Waals surface area (Å²) in [6.45, 7) is 12.7. The molecule has 0 heterocycles. The smallest absolute Gasteiger partial charge is 0.207 e. The van der Waals surface area contributed by atoms with Crippen LogP contribution in [0.4, 0.5) is 0 Å². The Morgan fingerprint density at radius 2 is 1.41 bits per heavy atom. The van der Waals surface area contributed by atoms with Crippen LogP contribution in [0.5, 0.6) is 0 Å². The van der Waals surface area contributed by atoms with Crippen molar-refractivity contribution in [1.82, 2.24) is 4.72 Å². The molecule has 0 aromatic heterocycles. The minimum absolute atomic E-state index is 0.0250. The lowest BCUT2D eigenvalue weighted by molar-refractivity contribution is 0.535. The van der Waals surface area contributed by atoms with Crippen molar-refractivity contribution in [3.05, 3.63) is 64.7 Å². The summed E-state index contributed by atoms with van der Waals surface area (Å²) in [4.78, 5) is 0.402. The molecule has 0 spiro atoms. The number of hydrogen-bond donors (Lipinski definition) is 1. The number of fused-ring (bicyclic) bond motifs is 1. The first-order valence-electron chi connectivity index (χ1n) is 9.62. The fourth-order valence-corrected chi connectivity index (χ4v) is 5.38. The lowest BCUT2D eigenvalue weighted by Gasteiger charge is -2.27. The third-order valence-electron chi connectivity index (χ3n) is 5.32. The third kappa shape index (κ3) is 4.27. The first kappa shape index (κ1) is 20.1. The van der Waals surface area contributed by atoms with Gasteiger partial charge >= 0.3 is 0 Å². The molecule has 4 heteroatoms. The lowest BCUT2D eigenvalue weighted by atomic mass is 9.81. The zero-order valence-electron chi connectivity index (χ0n) is 17.3. The van der Waals surface area contributed by atoms with Gasteiger partial charge in [0.1, 0.15) is 0 Å². The van der Waals surface area contributed by atoms with Crippen LogP contribution < -0.4 is 4.72 Å². The average molecular weight is 386 g/mol. The monoisotopic (exact) mass is 385 g/mol.